The van der Waals surface area contributed by atoms with Crippen molar-refractivity contribution < 1.29 is 4.79 Å². The van der Waals surface area contributed by atoms with E-state index in [-0.39, 0.29) is 6.03 Å². The number of carbonyl (C=O) groups is 1. The van der Waals surface area contributed by atoms with Crippen LogP contribution < -0.4 is 5.32 Å². The molecule has 1 N–H and O–H groups in total. The van der Waals surface area contributed by atoms with Gasteiger partial charge in [0.2, 0.25) is 0 Å². The van der Waals surface area contributed by atoms with Crippen molar-refractivity contribution in [1.29, 1.82) is 0 Å². The molecule has 0 radical (unpaired) electrons. The van der Waals surface area contributed by atoms with E-state index in [9.17, 15) is 4.79 Å². The number of hydrogen-bond donors (Lipinski definition) is 1. The number of carbonyl (C=O) groups excluding carboxylic acids is 1. The molecule has 110 valence electrons. The van der Waals surface area contributed by atoms with E-state index in [2.05, 4.69) is 15.5 Å². The standard InChI is InChI=1S/C14H17N5OS/c20-14(18-6-8-21-9-7-18)15-10-13-17-16-11-19(13)12-4-2-1-3-5-12/h1-5,11H,6-10H2,(H,15,20). The lowest BCUT2D eigenvalue weighted by atomic mass is 10.3. The van der Waals surface area contributed by atoms with Crippen LogP contribution in [-0.2, 0) is 6.54 Å². The zero-order chi connectivity index (χ0) is 14.5. The van der Waals surface area contributed by atoms with Crippen molar-refractivity contribution in [1.82, 2.24) is 25.0 Å². The van der Waals surface area contributed by atoms with Gasteiger partial charge in [-0.3, -0.25) is 4.57 Å². The lowest BCUT2D eigenvalue weighted by molar-refractivity contribution is 0.202. The smallest absolute Gasteiger partial charge is 0.317 e. The molecule has 2 aromatic rings. The summed E-state index contributed by atoms with van der Waals surface area (Å²) in [5.74, 6) is 2.74. The number of aromatic nitrogens is 3. The minimum Gasteiger partial charge on any atom is -0.331 e. The van der Waals surface area contributed by atoms with E-state index in [4.69, 9.17) is 0 Å². The van der Waals surface area contributed by atoms with Gasteiger partial charge >= 0.3 is 6.03 Å². The Morgan fingerprint density at radius 2 is 2.00 bits per heavy atom. The third kappa shape index (κ3) is 3.36. The number of amides is 2. The molecule has 1 aliphatic rings. The third-order valence-corrected chi connectivity index (χ3v) is 4.29. The Morgan fingerprint density at radius 3 is 2.76 bits per heavy atom. The first-order valence-corrected chi connectivity index (χ1v) is 8.05. The number of nitrogens with one attached hydrogen (secondary N) is 1. The van der Waals surface area contributed by atoms with Crippen LogP contribution in [0.15, 0.2) is 36.7 Å². The maximum Gasteiger partial charge on any atom is 0.317 e. The quantitative estimate of drug-likeness (QED) is 0.934. The van der Waals surface area contributed by atoms with E-state index in [1.807, 2.05) is 51.6 Å². The molecule has 2 heterocycles. The van der Waals surface area contributed by atoms with Gasteiger partial charge in [-0.15, -0.1) is 10.2 Å². The largest absolute Gasteiger partial charge is 0.331 e. The normalized spacial score (nSPS) is 15.0. The second kappa shape index (κ2) is 6.62. The Kier molecular flexibility index (Phi) is 4.40. The first kappa shape index (κ1) is 13.9. The van der Waals surface area contributed by atoms with E-state index in [0.29, 0.717) is 6.54 Å². The zero-order valence-electron chi connectivity index (χ0n) is 11.6. The Morgan fingerprint density at radius 1 is 1.24 bits per heavy atom. The van der Waals surface area contributed by atoms with Gasteiger partial charge in [0, 0.05) is 30.3 Å². The molecule has 0 bridgehead atoms. The first-order chi connectivity index (χ1) is 10.3. The molecule has 0 saturated carbocycles. The van der Waals surface area contributed by atoms with Crippen molar-refractivity contribution in [3.05, 3.63) is 42.5 Å². The van der Waals surface area contributed by atoms with Crippen molar-refractivity contribution in [2.45, 2.75) is 6.54 Å². The molecule has 7 heteroatoms. The fourth-order valence-electron chi connectivity index (χ4n) is 2.22. The van der Waals surface area contributed by atoms with Gasteiger partial charge in [0.15, 0.2) is 5.82 Å². The summed E-state index contributed by atoms with van der Waals surface area (Å²) in [5.41, 5.74) is 0.987. The predicted molar refractivity (Wildman–Crippen MR) is 82.5 cm³/mol. The summed E-state index contributed by atoms with van der Waals surface area (Å²) in [7, 11) is 0. The molecule has 1 aliphatic heterocycles. The predicted octanol–water partition coefficient (Wildman–Crippen LogP) is 1.53. The summed E-state index contributed by atoms with van der Waals surface area (Å²) in [6.45, 7) is 1.99. The summed E-state index contributed by atoms with van der Waals surface area (Å²) in [6, 6.07) is 9.82. The van der Waals surface area contributed by atoms with Gasteiger partial charge in [0.05, 0.1) is 6.54 Å². The van der Waals surface area contributed by atoms with Crippen LogP contribution in [0.3, 0.4) is 0 Å². The number of hydrogen-bond acceptors (Lipinski definition) is 4. The fourth-order valence-corrected chi connectivity index (χ4v) is 3.12. The molecule has 6 nitrogen and oxygen atoms in total. The number of nitrogens with zero attached hydrogens (tertiary/aromatic N) is 4. The highest BCUT2D eigenvalue weighted by molar-refractivity contribution is 7.99. The number of urea groups is 1. The van der Waals surface area contributed by atoms with Crippen LogP contribution in [0.5, 0.6) is 0 Å². The molecule has 1 aromatic carbocycles. The second-order valence-electron chi connectivity index (χ2n) is 4.71. The van der Waals surface area contributed by atoms with E-state index in [1.54, 1.807) is 6.33 Å². The monoisotopic (exact) mass is 303 g/mol. The lowest BCUT2D eigenvalue weighted by Gasteiger charge is -2.26. The Hall–Kier alpha value is -2.02. The molecule has 1 fully saturated rings. The third-order valence-electron chi connectivity index (χ3n) is 3.35. The number of rotatable bonds is 3. The van der Waals surface area contributed by atoms with E-state index in [0.717, 1.165) is 36.1 Å². The molecule has 21 heavy (non-hydrogen) atoms. The van der Waals surface area contributed by atoms with Crippen LogP contribution in [0, 0.1) is 0 Å². The van der Waals surface area contributed by atoms with Crippen LogP contribution in [0.25, 0.3) is 5.69 Å². The summed E-state index contributed by atoms with van der Waals surface area (Å²) in [4.78, 5) is 13.9. The molecule has 2 amide bonds. The molecule has 1 saturated heterocycles. The number of benzene rings is 1. The van der Waals surface area contributed by atoms with Crippen molar-refractivity contribution in [3.8, 4) is 5.69 Å². The molecule has 0 spiro atoms. The highest BCUT2D eigenvalue weighted by atomic mass is 32.2. The zero-order valence-corrected chi connectivity index (χ0v) is 12.4. The van der Waals surface area contributed by atoms with Crippen LogP contribution in [0.1, 0.15) is 5.82 Å². The maximum atomic E-state index is 12.1. The average molecular weight is 303 g/mol. The molecule has 0 unspecified atom stereocenters. The number of para-hydroxylation sites is 1. The second-order valence-corrected chi connectivity index (χ2v) is 5.94. The van der Waals surface area contributed by atoms with Crippen molar-refractivity contribution in [3.63, 3.8) is 0 Å². The van der Waals surface area contributed by atoms with E-state index in [1.165, 1.54) is 0 Å². The maximum absolute atomic E-state index is 12.1. The fraction of sp³-hybridized carbons (Fsp3) is 0.357. The topological polar surface area (TPSA) is 63.1 Å². The average Bonchev–Trinajstić information content (AvgIpc) is 3.03. The summed E-state index contributed by atoms with van der Waals surface area (Å²) in [5, 5.41) is 10.9. The van der Waals surface area contributed by atoms with Gasteiger partial charge in [-0.05, 0) is 12.1 Å². The highest BCUT2D eigenvalue weighted by Gasteiger charge is 2.17. The van der Waals surface area contributed by atoms with E-state index >= 15 is 0 Å². The van der Waals surface area contributed by atoms with Crippen molar-refractivity contribution in [2.24, 2.45) is 0 Å². The minimum atomic E-state index is -0.0297. The van der Waals surface area contributed by atoms with Crippen LogP contribution in [0.2, 0.25) is 0 Å². The molecule has 1 aromatic heterocycles. The van der Waals surface area contributed by atoms with Crippen LogP contribution >= 0.6 is 11.8 Å². The van der Waals surface area contributed by atoms with Gasteiger partial charge in [-0.1, -0.05) is 18.2 Å². The number of thioether (sulfide) groups is 1. The van der Waals surface area contributed by atoms with Gasteiger partial charge in [0.1, 0.15) is 6.33 Å². The minimum absolute atomic E-state index is 0.0297. The first-order valence-electron chi connectivity index (χ1n) is 6.89. The molecular formula is C14H17N5OS. The molecular weight excluding hydrogens is 286 g/mol. The summed E-state index contributed by atoms with van der Waals surface area (Å²) >= 11 is 1.88. The lowest BCUT2D eigenvalue weighted by Crippen LogP contribution is -2.44. The van der Waals surface area contributed by atoms with Gasteiger partial charge in [-0.25, -0.2) is 4.79 Å². The Labute approximate surface area is 127 Å². The molecule has 0 aliphatic carbocycles. The van der Waals surface area contributed by atoms with Gasteiger partial charge < -0.3 is 10.2 Å². The Balaban J connectivity index is 1.63. The summed E-state index contributed by atoms with van der Waals surface area (Å²) in [6.07, 6.45) is 1.66. The molecule has 0 atom stereocenters. The highest BCUT2D eigenvalue weighted by Crippen LogP contribution is 2.10. The van der Waals surface area contributed by atoms with Crippen molar-refractivity contribution >= 4 is 17.8 Å². The van der Waals surface area contributed by atoms with Gasteiger partial charge in [0.25, 0.3) is 0 Å². The van der Waals surface area contributed by atoms with Crippen LogP contribution in [0.4, 0.5) is 4.79 Å². The van der Waals surface area contributed by atoms with E-state index < -0.39 is 0 Å². The van der Waals surface area contributed by atoms with Crippen LogP contribution in [-0.4, -0.2) is 50.3 Å². The van der Waals surface area contributed by atoms with Gasteiger partial charge in [-0.2, -0.15) is 11.8 Å². The molecule has 3 rings (SSSR count). The van der Waals surface area contributed by atoms with Crippen molar-refractivity contribution in [2.75, 3.05) is 24.6 Å². The Bertz CT molecular complexity index is 594. The SMILES string of the molecule is O=C(NCc1nncn1-c1ccccc1)N1CCSCC1. The summed E-state index contributed by atoms with van der Waals surface area (Å²) < 4.78 is 1.88.